The van der Waals surface area contributed by atoms with Gasteiger partial charge in [0.05, 0.1) is 6.61 Å². The van der Waals surface area contributed by atoms with Crippen molar-refractivity contribution < 1.29 is 9.84 Å². The van der Waals surface area contributed by atoms with E-state index in [0.29, 0.717) is 22.2 Å². The smallest absolute Gasteiger partial charge is 0.238 e. The number of aliphatic hydroxyl groups is 1. The number of hydrogen-bond acceptors (Lipinski definition) is 3. The molecule has 1 N–H and O–H groups in total. The number of fused-ring (bicyclic) bond motifs is 1. The third-order valence-corrected chi connectivity index (χ3v) is 3.80. The number of rotatable bonds is 3. The summed E-state index contributed by atoms with van der Waals surface area (Å²) in [6.07, 6.45) is 1.54. The lowest BCUT2D eigenvalue weighted by atomic mass is 10.1. The highest BCUT2D eigenvalue weighted by molar-refractivity contribution is 9.10. The Labute approximate surface area is 135 Å². The molecule has 3 rings (SSSR count). The van der Waals surface area contributed by atoms with Gasteiger partial charge >= 0.3 is 0 Å². The van der Waals surface area contributed by atoms with Crippen molar-refractivity contribution in [2.75, 3.05) is 0 Å². The van der Waals surface area contributed by atoms with Gasteiger partial charge in [-0.15, -0.1) is 0 Å². The first-order chi connectivity index (χ1) is 10.2. The lowest BCUT2D eigenvalue weighted by Crippen LogP contribution is -1.92. The number of nitrogens with zero attached hydrogens (tertiary/aromatic N) is 1. The predicted octanol–water partition coefficient (Wildman–Crippen LogP) is 4.94. The number of pyridine rings is 1. The van der Waals surface area contributed by atoms with E-state index in [1.165, 1.54) is 0 Å². The number of aliphatic hydroxyl groups excluding tert-OH is 1. The van der Waals surface area contributed by atoms with Gasteiger partial charge in [-0.05, 0) is 46.7 Å². The maximum atomic E-state index is 9.04. The first-order valence-corrected chi connectivity index (χ1v) is 7.45. The minimum atomic E-state index is -0.0994. The number of benzene rings is 2. The Morgan fingerprint density at radius 2 is 1.86 bits per heavy atom. The van der Waals surface area contributed by atoms with E-state index in [4.69, 9.17) is 21.4 Å². The van der Waals surface area contributed by atoms with Crippen molar-refractivity contribution in [1.82, 2.24) is 4.98 Å². The maximum Gasteiger partial charge on any atom is 0.238 e. The average Bonchev–Trinajstić information content (AvgIpc) is 2.49. The summed E-state index contributed by atoms with van der Waals surface area (Å²) in [5.74, 6) is 0.987. The van der Waals surface area contributed by atoms with Crippen molar-refractivity contribution in [1.29, 1.82) is 0 Å². The summed E-state index contributed by atoms with van der Waals surface area (Å²) in [6.45, 7) is -0.0994. The normalized spacial score (nSPS) is 10.8. The minimum Gasteiger partial charge on any atom is -0.438 e. The summed E-state index contributed by atoms with van der Waals surface area (Å²) in [7, 11) is 0. The van der Waals surface area contributed by atoms with Crippen molar-refractivity contribution in [2.45, 2.75) is 6.61 Å². The zero-order valence-corrected chi connectivity index (χ0v) is 13.2. The van der Waals surface area contributed by atoms with E-state index in [0.717, 1.165) is 15.2 Å². The molecular formula is C16H11BrClNO2. The molecule has 3 nitrogen and oxygen atoms in total. The molecule has 0 amide bonds. The van der Waals surface area contributed by atoms with Crippen LogP contribution in [0.3, 0.4) is 0 Å². The lowest BCUT2D eigenvalue weighted by molar-refractivity contribution is 0.281. The van der Waals surface area contributed by atoms with E-state index in [1.54, 1.807) is 12.3 Å². The van der Waals surface area contributed by atoms with Crippen LogP contribution in [0, 0.1) is 0 Å². The molecule has 0 atom stereocenters. The van der Waals surface area contributed by atoms with Crippen LogP contribution >= 0.6 is 27.5 Å². The quantitative estimate of drug-likeness (QED) is 0.716. The van der Waals surface area contributed by atoms with Crippen LogP contribution in [-0.2, 0) is 6.61 Å². The van der Waals surface area contributed by atoms with Gasteiger partial charge in [0, 0.05) is 10.7 Å². The van der Waals surface area contributed by atoms with Gasteiger partial charge in [-0.1, -0.05) is 39.7 Å². The topological polar surface area (TPSA) is 42.4 Å². The Kier molecular flexibility index (Phi) is 4.10. The van der Waals surface area contributed by atoms with Crippen molar-refractivity contribution in [3.05, 3.63) is 63.7 Å². The van der Waals surface area contributed by atoms with Crippen LogP contribution in [0.4, 0.5) is 0 Å². The van der Waals surface area contributed by atoms with Crippen LogP contribution in [0.15, 0.2) is 53.1 Å². The summed E-state index contributed by atoms with van der Waals surface area (Å²) in [5, 5.41) is 11.6. The first-order valence-electron chi connectivity index (χ1n) is 6.28. The number of aromatic nitrogens is 1. The molecule has 0 spiro atoms. The molecule has 21 heavy (non-hydrogen) atoms. The lowest BCUT2D eigenvalue weighted by Gasteiger charge is -2.08. The second-order valence-electron chi connectivity index (χ2n) is 4.54. The molecule has 0 saturated heterocycles. The Bertz CT molecular complexity index is 807. The summed E-state index contributed by atoms with van der Waals surface area (Å²) in [4.78, 5) is 4.12. The Morgan fingerprint density at radius 3 is 2.62 bits per heavy atom. The maximum absolute atomic E-state index is 9.04. The molecule has 2 aromatic carbocycles. The van der Waals surface area contributed by atoms with Gasteiger partial charge in [-0.2, -0.15) is 0 Å². The van der Waals surface area contributed by atoms with Gasteiger partial charge in [-0.25, -0.2) is 4.98 Å². The van der Waals surface area contributed by atoms with E-state index in [-0.39, 0.29) is 6.61 Å². The van der Waals surface area contributed by atoms with Gasteiger partial charge in [0.1, 0.15) is 10.8 Å². The molecule has 0 aliphatic heterocycles. The SMILES string of the molecule is OCc1cnc(Oc2ccc3cc(Br)ccc3c2)c(Cl)c1. The van der Waals surface area contributed by atoms with E-state index in [9.17, 15) is 0 Å². The average molecular weight is 365 g/mol. The molecule has 0 aliphatic rings. The van der Waals surface area contributed by atoms with Gasteiger partial charge in [0.25, 0.3) is 0 Å². The van der Waals surface area contributed by atoms with Gasteiger partial charge < -0.3 is 9.84 Å². The molecule has 0 fully saturated rings. The molecule has 0 aliphatic carbocycles. The zero-order chi connectivity index (χ0) is 14.8. The minimum absolute atomic E-state index is 0.0994. The van der Waals surface area contributed by atoms with Crippen molar-refractivity contribution >= 4 is 38.3 Å². The molecule has 0 radical (unpaired) electrons. The van der Waals surface area contributed by atoms with Crippen LogP contribution in [0.5, 0.6) is 11.6 Å². The molecule has 0 saturated carbocycles. The van der Waals surface area contributed by atoms with E-state index in [2.05, 4.69) is 20.9 Å². The van der Waals surface area contributed by atoms with Gasteiger partial charge in [0.2, 0.25) is 5.88 Å². The summed E-state index contributed by atoms with van der Waals surface area (Å²) in [6, 6.07) is 13.4. The molecule has 1 heterocycles. The third kappa shape index (κ3) is 3.18. The standard InChI is InChI=1S/C16H11BrClNO2/c17-13-3-1-12-7-14(4-2-11(12)6-13)21-16-15(18)5-10(9-20)8-19-16/h1-8,20H,9H2. The highest BCUT2D eigenvalue weighted by Gasteiger charge is 2.07. The Morgan fingerprint density at radius 1 is 1.10 bits per heavy atom. The molecule has 0 bridgehead atoms. The summed E-state index contributed by atoms with van der Waals surface area (Å²) in [5.41, 5.74) is 0.649. The fourth-order valence-electron chi connectivity index (χ4n) is 2.00. The van der Waals surface area contributed by atoms with Crippen LogP contribution in [-0.4, -0.2) is 10.1 Å². The van der Waals surface area contributed by atoms with Crippen LogP contribution < -0.4 is 4.74 Å². The number of halogens is 2. The number of ether oxygens (including phenoxy) is 1. The van der Waals surface area contributed by atoms with Crippen LogP contribution in [0.25, 0.3) is 10.8 Å². The second-order valence-corrected chi connectivity index (χ2v) is 5.87. The summed E-state index contributed by atoms with van der Waals surface area (Å²) < 4.78 is 6.75. The second kappa shape index (κ2) is 6.02. The largest absolute Gasteiger partial charge is 0.438 e. The molecule has 106 valence electrons. The molecule has 0 unspecified atom stereocenters. The van der Waals surface area contributed by atoms with Gasteiger partial charge in [-0.3, -0.25) is 0 Å². The number of hydrogen-bond donors (Lipinski definition) is 1. The monoisotopic (exact) mass is 363 g/mol. The first kappa shape index (κ1) is 14.3. The van der Waals surface area contributed by atoms with E-state index < -0.39 is 0 Å². The fourth-order valence-corrected chi connectivity index (χ4v) is 2.60. The Hall–Kier alpha value is -1.62. The van der Waals surface area contributed by atoms with Crippen molar-refractivity contribution in [3.8, 4) is 11.6 Å². The van der Waals surface area contributed by atoms with Crippen molar-refractivity contribution in [2.24, 2.45) is 0 Å². The highest BCUT2D eigenvalue weighted by atomic mass is 79.9. The highest BCUT2D eigenvalue weighted by Crippen LogP contribution is 2.30. The van der Waals surface area contributed by atoms with Crippen LogP contribution in [0.2, 0.25) is 5.02 Å². The van der Waals surface area contributed by atoms with Crippen LogP contribution in [0.1, 0.15) is 5.56 Å². The summed E-state index contributed by atoms with van der Waals surface area (Å²) >= 11 is 9.54. The molecule has 3 aromatic rings. The molecule has 1 aromatic heterocycles. The third-order valence-electron chi connectivity index (χ3n) is 3.03. The van der Waals surface area contributed by atoms with E-state index in [1.807, 2.05) is 36.4 Å². The zero-order valence-electron chi connectivity index (χ0n) is 10.9. The Balaban J connectivity index is 1.92. The predicted molar refractivity (Wildman–Crippen MR) is 86.9 cm³/mol. The fraction of sp³-hybridized carbons (Fsp3) is 0.0625. The van der Waals surface area contributed by atoms with Gasteiger partial charge in [0.15, 0.2) is 0 Å². The van der Waals surface area contributed by atoms with Crippen molar-refractivity contribution in [3.63, 3.8) is 0 Å². The van der Waals surface area contributed by atoms with E-state index >= 15 is 0 Å². The molecular weight excluding hydrogens is 354 g/mol. The molecule has 5 heteroatoms.